The van der Waals surface area contributed by atoms with E-state index in [-0.39, 0.29) is 42.0 Å². The number of carbonyl (C=O) groups excluding carboxylic acids is 3. The molecule has 3 N–H and O–H groups in total. The van der Waals surface area contributed by atoms with Gasteiger partial charge >= 0.3 is 0 Å². The fourth-order valence-electron chi connectivity index (χ4n) is 5.07. The highest BCUT2D eigenvalue weighted by molar-refractivity contribution is 5.93. The second-order valence-corrected chi connectivity index (χ2v) is 11.2. The summed E-state index contributed by atoms with van der Waals surface area (Å²) >= 11 is 0. The van der Waals surface area contributed by atoms with E-state index >= 15 is 0 Å². The third kappa shape index (κ3) is 7.59. The average molecular weight is 553 g/mol. The molecule has 1 fully saturated rings. The maximum absolute atomic E-state index is 13.5. The highest BCUT2D eigenvalue weighted by atomic mass is 19.1. The molecule has 0 saturated heterocycles. The maximum atomic E-state index is 13.5. The number of likely N-dealkylation sites (N-methyl/N-ethyl adjacent to an activating group) is 1. The van der Waals surface area contributed by atoms with Gasteiger partial charge in [-0.3, -0.25) is 14.4 Å². The molecule has 1 unspecified atom stereocenters. The zero-order valence-corrected chi connectivity index (χ0v) is 23.8. The Hall–Kier alpha value is -3.46. The van der Waals surface area contributed by atoms with Crippen molar-refractivity contribution in [3.05, 3.63) is 65.5 Å². The molecule has 1 saturated carbocycles. The van der Waals surface area contributed by atoms with E-state index < -0.39 is 24.0 Å². The number of carbonyl (C=O) groups is 3. The zero-order valence-electron chi connectivity index (χ0n) is 23.8. The van der Waals surface area contributed by atoms with Gasteiger partial charge in [-0.05, 0) is 74.3 Å². The minimum atomic E-state index is -0.882. The van der Waals surface area contributed by atoms with Crippen molar-refractivity contribution >= 4 is 17.7 Å². The van der Waals surface area contributed by atoms with Gasteiger partial charge in [-0.15, -0.1) is 0 Å². The zero-order chi connectivity index (χ0) is 28.8. The standard InChI is InChI=1S/C31H41FN4O4/c1-19-15-16-33-30(38)26(17-22-9-13-24(32)14-10-22)35-29(37)21(3)36(4)31(39)28(23-11-12-23)34-18-20(2)40-27-8-6-5-7-25(19)27/h5-10,13-14,19-21,23,26,28,34H,11-12,15-18H2,1-4H3,(H,33,38)(H,35,37)/t19?,20-,21-,26-,28+/m1/s1. The van der Waals surface area contributed by atoms with Crippen LogP contribution in [0.5, 0.6) is 5.75 Å². The van der Waals surface area contributed by atoms with Gasteiger partial charge in [0.15, 0.2) is 0 Å². The van der Waals surface area contributed by atoms with Crippen molar-refractivity contribution in [3.63, 3.8) is 0 Å². The van der Waals surface area contributed by atoms with E-state index in [2.05, 4.69) is 22.9 Å². The molecule has 0 radical (unpaired) electrons. The quantitative estimate of drug-likeness (QED) is 0.543. The number of para-hydroxylation sites is 1. The van der Waals surface area contributed by atoms with Crippen LogP contribution in [0.1, 0.15) is 57.1 Å². The first kappa shape index (κ1) is 29.5. The van der Waals surface area contributed by atoms with E-state index in [1.807, 2.05) is 31.2 Å². The first-order valence-electron chi connectivity index (χ1n) is 14.2. The number of benzene rings is 2. The molecule has 0 bridgehead atoms. The van der Waals surface area contributed by atoms with Crippen molar-refractivity contribution in [2.45, 2.75) is 76.6 Å². The summed E-state index contributed by atoms with van der Waals surface area (Å²) in [6, 6.07) is 11.7. The third-order valence-electron chi connectivity index (χ3n) is 7.93. The van der Waals surface area contributed by atoms with E-state index in [1.54, 1.807) is 26.1 Å². The Labute approximate surface area is 236 Å². The molecule has 216 valence electrons. The number of amides is 3. The number of rotatable bonds is 3. The molecule has 5 atom stereocenters. The summed E-state index contributed by atoms with van der Waals surface area (Å²) in [6.07, 6.45) is 2.59. The first-order valence-corrected chi connectivity index (χ1v) is 14.2. The van der Waals surface area contributed by atoms with Gasteiger partial charge in [0.2, 0.25) is 17.7 Å². The van der Waals surface area contributed by atoms with Crippen molar-refractivity contribution in [3.8, 4) is 5.75 Å². The molecule has 8 nitrogen and oxygen atoms in total. The lowest BCUT2D eigenvalue weighted by Crippen LogP contribution is -2.57. The van der Waals surface area contributed by atoms with Crippen LogP contribution >= 0.6 is 0 Å². The first-order chi connectivity index (χ1) is 19.1. The highest BCUT2D eigenvalue weighted by Gasteiger charge is 2.39. The van der Waals surface area contributed by atoms with Gasteiger partial charge in [-0.1, -0.05) is 37.3 Å². The van der Waals surface area contributed by atoms with E-state index in [1.165, 1.54) is 17.0 Å². The number of hydrogen-bond acceptors (Lipinski definition) is 5. The molecule has 2 aromatic rings. The van der Waals surface area contributed by atoms with Crippen molar-refractivity contribution in [1.29, 1.82) is 0 Å². The van der Waals surface area contributed by atoms with Gasteiger partial charge in [0.1, 0.15) is 29.8 Å². The average Bonchev–Trinajstić information content (AvgIpc) is 3.78. The molecule has 2 aliphatic rings. The summed E-state index contributed by atoms with van der Waals surface area (Å²) in [5.74, 6) is -0.175. The fourth-order valence-corrected chi connectivity index (χ4v) is 5.07. The number of ether oxygens (including phenoxy) is 1. The smallest absolute Gasteiger partial charge is 0.243 e. The molecule has 3 amide bonds. The van der Waals surface area contributed by atoms with Crippen LogP contribution < -0.4 is 20.7 Å². The summed E-state index contributed by atoms with van der Waals surface area (Å²) in [5, 5.41) is 9.22. The predicted octanol–water partition coefficient (Wildman–Crippen LogP) is 3.16. The lowest BCUT2D eigenvalue weighted by Gasteiger charge is -2.31. The Morgan fingerprint density at radius 3 is 2.35 bits per heavy atom. The molecular formula is C31H41FN4O4. The van der Waals surface area contributed by atoms with Crippen molar-refractivity contribution in [2.75, 3.05) is 20.1 Å². The largest absolute Gasteiger partial charge is 0.489 e. The highest BCUT2D eigenvalue weighted by Crippen LogP contribution is 2.34. The Morgan fingerprint density at radius 2 is 1.65 bits per heavy atom. The van der Waals surface area contributed by atoms with E-state index in [0.717, 1.165) is 24.2 Å². The SMILES string of the molecule is CC1CCNC(=O)[C@@H](Cc2ccc(F)cc2)NC(=O)[C@@H](C)N(C)C(=O)[C@H](C2CC2)NC[C@@H](C)Oc2ccccc21. The Morgan fingerprint density at radius 1 is 0.950 bits per heavy atom. The predicted molar refractivity (Wildman–Crippen MR) is 151 cm³/mol. The number of nitrogens with zero attached hydrogens (tertiary/aromatic N) is 1. The topological polar surface area (TPSA) is 99.8 Å². The van der Waals surface area contributed by atoms with Gasteiger partial charge in [0, 0.05) is 26.6 Å². The minimum Gasteiger partial charge on any atom is -0.489 e. The van der Waals surface area contributed by atoms with Crippen LogP contribution in [0, 0.1) is 11.7 Å². The Balaban J connectivity index is 1.59. The number of fused-ring (bicyclic) bond motifs is 1. The lowest BCUT2D eigenvalue weighted by atomic mass is 9.96. The molecular weight excluding hydrogens is 511 g/mol. The van der Waals surface area contributed by atoms with E-state index in [9.17, 15) is 18.8 Å². The van der Waals surface area contributed by atoms with Crippen LogP contribution in [0.3, 0.4) is 0 Å². The number of hydrogen-bond donors (Lipinski definition) is 3. The van der Waals surface area contributed by atoms with Crippen LogP contribution in [-0.2, 0) is 20.8 Å². The van der Waals surface area contributed by atoms with E-state index in [4.69, 9.17) is 4.74 Å². The van der Waals surface area contributed by atoms with Gasteiger partial charge in [0.25, 0.3) is 0 Å². The molecule has 0 aromatic heterocycles. The fraction of sp³-hybridized carbons (Fsp3) is 0.516. The van der Waals surface area contributed by atoms with Gasteiger partial charge in [-0.2, -0.15) is 0 Å². The maximum Gasteiger partial charge on any atom is 0.243 e. The molecule has 0 spiro atoms. The molecule has 9 heteroatoms. The van der Waals surface area contributed by atoms with Crippen molar-refractivity contribution in [2.24, 2.45) is 5.92 Å². The van der Waals surface area contributed by atoms with Crippen LogP contribution in [0.4, 0.5) is 4.39 Å². The molecule has 1 aliphatic carbocycles. The summed E-state index contributed by atoms with van der Waals surface area (Å²) in [5.41, 5.74) is 1.76. The second-order valence-electron chi connectivity index (χ2n) is 11.2. The summed E-state index contributed by atoms with van der Waals surface area (Å²) in [7, 11) is 1.62. The Bertz CT molecular complexity index is 1190. The molecule has 4 rings (SSSR count). The lowest BCUT2D eigenvalue weighted by molar-refractivity contribution is -0.141. The monoisotopic (exact) mass is 552 g/mol. The molecule has 40 heavy (non-hydrogen) atoms. The minimum absolute atomic E-state index is 0.107. The van der Waals surface area contributed by atoms with Crippen molar-refractivity contribution < 1.29 is 23.5 Å². The van der Waals surface area contributed by atoms with Crippen LogP contribution in [-0.4, -0.2) is 67.0 Å². The third-order valence-corrected chi connectivity index (χ3v) is 7.93. The summed E-state index contributed by atoms with van der Waals surface area (Å²) < 4.78 is 19.8. The second kappa shape index (κ2) is 13.3. The van der Waals surface area contributed by atoms with Crippen LogP contribution in [0.2, 0.25) is 0 Å². The number of halogens is 1. The normalized spacial score (nSPS) is 27.5. The van der Waals surface area contributed by atoms with Gasteiger partial charge < -0.3 is 25.6 Å². The number of nitrogens with one attached hydrogen (secondary N) is 3. The molecule has 2 aromatic carbocycles. The van der Waals surface area contributed by atoms with Crippen LogP contribution in [0.15, 0.2) is 48.5 Å². The summed E-state index contributed by atoms with van der Waals surface area (Å²) in [4.78, 5) is 41.6. The molecule has 1 heterocycles. The van der Waals surface area contributed by atoms with Gasteiger partial charge in [0.05, 0.1) is 6.04 Å². The Kier molecular flexibility index (Phi) is 9.79. The van der Waals surface area contributed by atoms with Crippen molar-refractivity contribution in [1.82, 2.24) is 20.9 Å². The van der Waals surface area contributed by atoms with E-state index in [0.29, 0.717) is 25.1 Å². The van der Waals surface area contributed by atoms with Gasteiger partial charge in [-0.25, -0.2) is 4.39 Å². The summed E-state index contributed by atoms with van der Waals surface area (Å²) in [6.45, 7) is 6.61. The van der Waals surface area contributed by atoms with Crippen LogP contribution in [0.25, 0.3) is 0 Å². The molecule has 1 aliphatic heterocycles.